The van der Waals surface area contributed by atoms with E-state index >= 15 is 0 Å². The molecule has 0 bridgehead atoms. The van der Waals surface area contributed by atoms with Gasteiger partial charge in [-0.25, -0.2) is 4.79 Å². The molecule has 52 heavy (non-hydrogen) atoms. The largest absolute Gasteiger partial charge is 0.508 e. The minimum Gasteiger partial charge on any atom is -0.508 e. The molecule has 0 fully saturated rings. The van der Waals surface area contributed by atoms with E-state index in [4.69, 9.17) is 11.5 Å². The van der Waals surface area contributed by atoms with E-state index in [9.17, 15) is 53.7 Å². The Bertz CT molecular complexity index is 1470. The molecule has 0 aliphatic carbocycles. The predicted molar refractivity (Wildman–Crippen MR) is 187 cm³/mol. The molecule has 1 aromatic rings. The number of nitrogens with one attached hydrogen (secondary N) is 5. The highest BCUT2D eigenvalue weighted by Crippen LogP contribution is 2.18. The number of aromatic hydroxyl groups is 1. The van der Waals surface area contributed by atoms with E-state index in [-0.39, 0.29) is 24.5 Å². The first kappa shape index (κ1) is 44.8. The summed E-state index contributed by atoms with van der Waals surface area (Å²) in [4.78, 5) is 102. The number of hydrogen-bond donors (Lipinski definition) is 10. The molecule has 6 atom stereocenters. The Balaban J connectivity index is 3.19. The average Bonchev–Trinajstić information content (AvgIpc) is 3.01. The van der Waals surface area contributed by atoms with Gasteiger partial charge in [0.2, 0.25) is 35.4 Å². The zero-order valence-corrected chi connectivity index (χ0v) is 30.5. The van der Waals surface area contributed by atoms with E-state index in [0.29, 0.717) is 5.56 Å². The van der Waals surface area contributed by atoms with Crippen LogP contribution in [0.4, 0.5) is 0 Å². The number of rotatable bonds is 21. The third-order valence-electron chi connectivity index (χ3n) is 7.96. The molecule has 0 heterocycles. The van der Waals surface area contributed by atoms with Crippen molar-refractivity contribution < 1.29 is 53.7 Å². The van der Waals surface area contributed by atoms with Crippen LogP contribution < -0.4 is 38.1 Å². The summed E-state index contributed by atoms with van der Waals surface area (Å²) in [6.45, 7) is 11.1. The maximum absolute atomic E-state index is 13.5. The minimum atomic E-state index is -1.82. The normalized spacial score (nSPS) is 15.3. The van der Waals surface area contributed by atoms with Crippen LogP contribution in [0.1, 0.15) is 73.3 Å². The second kappa shape index (κ2) is 20.0. The molecule has 0 aliphatic heterocycles. The van der Waals surface area contributed by atoms with Crippen LogP contribution in [-0.4, -0.2) is 98.4 Å². The molecule has 18 heteroatoms. The van der Waals surface area contributed by atoms with Crippen LogP contribution in [-0.2, 0) is 44.8 Å². The fourth-order valence-electron chi connectivity index (χ4n) is 5.25. The molecule has 0 unspecified atom stereocenters. The second-order valence-corrected chi connectivity index (χ2v) is 14.1. The highest BCUT2D eigenvalue weighted by atomic mass is 16.4. The van der Waals surface area contributed by atoms with Crippen molar-refractivity contribution in [3.05, 3.63) is 29.8 Å². The number of phenols is 1. The fraction of sp³-hybridized carbons (Fsp3) is 0.588. The van der Waals surface area contributed by atoms with Crippen molar-refractivity contribution in [2.75, 3.05) is 0 Å². The molecule has 1 aromatic carbocycles. The van der Waals surface area contributed by atoms with Crippen LogP contribution in [0.15, 0.2) is 24.3 Å². The first-order valence-corrected chi connectivity index (χ1v) is 16.8. The maximum Gasteiger partial charge on any atom is 0.329 e. The van der Waals surface area contributed by atoms with E-state index in [2.05, 4.69) is 26.6 Å². The Morgan fingerprint density at radius 1 is 0.692 bits per heavy atom. The van der Waals surface area contributed by atoms with Gasteiger partial charge < -0.3 is 53.4 Å². The number of amides is 6. The number of carboxylic acids is 2. The third kappa shape index (κ3) is 14.5. The van der Waals surface area contributed by atoms with Crippen LogP contribution in [0.25, 0.3) is 0 Å². The van der Waals surface area contributed by atoms with Gasteiger partial charge in [0.05, 0.1) is 18.9 Å². The average molecular weight is 736 g/mol. The lowest BCUT2D eigenvalue weighted by atomic mass is 9.90. The topological polar surface area (TPSA) is 309 Å². The first-order chi connectivity index (χ1) is 24.0. The van der Waals surface area contributed by atoms with Gasteiger partial charge in [-0.15, -0.1) is 0 Å². The van der Waals surface area contributed by atoms with Gasteiger partial charge in [-0.3, -0.25) is 33.6 Å². The van der Waals surface area contributed by atoms with E-state index in [1.54, 1.807) is 53.7 Å². The summed E-state index contributed by atoms with van der Waals surface area (Å²) in [7, 11) is 0. The van der Waals surface area contributed by atoms with Crippen molar-refractivity contribution in [1.29, 1.82) is 0 Å². The third-order valence-corrected chi connectivity index (χ3v) is 7.96. The van der Waals surface area contributed by atoms with Crippen molar-refractivity contribution >= 4 is 47.4 Å². The second-order valence-electron chi connectivity index (χ2n) is 14.1. The number of primary amides is 1. The Morgan fingerprint density at radius 2 is 1.15 bits per heavy atom. The highest BCUT2D eigenvalue weighted by molar-refractivity contribution is 5.99. The lowest BCUT2D eigenvalue weighted by Crippen LogP contribution is -2.62. The molecule has 0 saturated carbocycles. The van der Waals surface area contributed by atoms with Crippen molar-refractivity contribution in [3.63, 3.8) is 0 Å². The zero-order chi connectivity index (χ0) is 40.1. The Kier molecular flexibility index (Phi) is 17.2. The number of phenolic OH excluding ortho intramolecular Hbond substituents is 1. The van der Waals surface area contributed by atoms with E-state index in [1.807, 2.05) is 0 Å². The monoisotopic (exact) mass is 735 g/mol. The van der Waals surface area contributed by atoms with Gasteiger partial charge in [0.1, 0.15) is 35.5 Å². The van der Waals surface area contributed by atoms with Crippen molar-refractivity contribution in [2.24, 2.45) is 29.2 Å². The fourth-order valence-corrected chi connectivity index (χ4v) is 5.25. The molecule has 0 aliphatic rings. The molecule has 18 nitrogen and oxygen atoms in total. The molecular formula is C34H53N7O11. The molecule has 0 aromatic heterocycles. The molecule has 12 N–H and O–H groups in total. The van der Waals surface area contributed by atoms with Gasteiger partial charge >= 0.3 is 11.9 Å². The van der Waals surface area contributed by atoms with Gasteiger partial charge in [-0.05, 0) is 55.2 Å². The summed E-state index contributed by atoms with van der Waals surface area (Å²) < 4.78 is 0. The summed E-state index contributed by atoms with van der Waals surface area (Å²) in [6.07, 6.45) is -1.69. The van der Waals surface area contributed by atoms with Crippen LogP contribution in [0.5, 0.6) is 5.75 Å². The first-order valence-electron chi connectivity index (χ1n) is 16.8. The highest BCUT2D eigenvalue weighted by Gasteiger charge is 2.39. The van der Waals surface area contributed by atoms with Crippen LogP contribution >= 0.6 is 0 Å². The smallest absolute Gasteiger partial charge is 0.329 e. The van der Waals surface area contributed by atoms with Gasteiger partial charge in [-0.2, -0.15) is 0 Å². The molecule has 0 spiro atoms. The van der Waals surface area contributed by atoms with Crippen LogP contribution in [0.2, 0.25) is 0 Å². The predicted octanol–water partition coefficient (Wildman–Crippen LogP) is -1.13. The number of hydrogen-bond acceptors (Lipinski definition) is 10. The number of carbonyl (C=O) groups excluding carboxylic acids is 6. The molecule has 0 radical (unpaired) electrons. The molecular weight excluding hydrogens is 682 g/mol. The number of carbonyl (C=O) groups is 8. The Labute approximate surface area is 302 Å². The molecule has 290 valence electrons. The van der Waals surface area contributed by atoms with Crippen molar-refractivity contribution in [2.45, 2.75) is 110 Å². The van der Waals surface area contributed by atoms with E-state index < -0.39 is 108 Å². The summed E-state index contributed by atoms with van der Waals surface area (Å²) in [6, 6.07) is -1.04. The SMILES string of the molecule is CC(C)C[C@](C)(NC(=O)[C@H](CC(=O)O)NC(=O)[C@H](CC(N)=O)NC(=O)[C@@H](NC(=O)[C@@H](NC(=O)[C@@H](N)Cc1ccc(O)cc1)C(C)C)C(C)C)C(=O)O. The van der Waals surface area contributed by atoms with Gasteiger partial charge in [0, 0.05) is 0 Å². The molecule has 1 rings (SSSR count). The van der Waals surface area contributed by atoms with E-state index in [0.717, 1.165) is 0 Å². The Hall–Kier alpha value is -5.26. The Morgan fingerprint density at radius 3 is 1.60 bits per heavy atom. The van der Waals surface area contributed by atoms with E-state index in [1.165, 1.54) is 19.1 Å². The zero-order valence-electron chi connectivity index (χ0n) is 30.5. The maximum atomic E-state index is 13.5. The number of aliphatic carboxylic acids is 2. The lowest BCUT2D eigenvalue weighted by molar-refractivity contribution is -0.148. The summed E-state index contributed by atoms with van der Waals surface area (Å²) in [5.41, 5.74) is 10.2. The summed E-state index contributed by atoms with van der Waals surface area (Å²) >= 11 is 0. The summed E-state index contributed by atoms with van der Waals surface area (Å²) in [5.74, 6) is -9.89. The quantitative estimate of drug-likeness (QED) is 0.0717. The minimum absolute atomic E-state index is 0.0293. The van der Waals surface area contributed by atoms with Crippen LogP contribution in [0.3, 0.4) is 0 Å². The number of carboxylic acid groups (broad SMARTS) is 2. The van der Waals surface area contributed by atoms with Crippen molar-refractivity contribution in [1.82, 2.24) is 26.6 Å². The standard InChI is InChI=1S/C34H53N7O11/c1-16(2)15-34(7,33(51)52)41-30(48)23(14-25(44)45)37-29(47)22(13-24(36)43)38-31(49)26(17(3)4)40-32(50)27(18(5)6)39-28(46)21(35)12-19-8-10-20(42)11-9-19/h8-11,16-18,21-23,26-27,42H,12-15,35H2,1-7H3,(H2,36,43)(H,37,47)(H,38,49)(H,39,46)(H,40,50)(H,41,48)(H,44,45)(H,51,52)/t21-,22-,23-,26-,27-,34-/m0/s1. The molecule has 0 saturated heterocycles. The van der Waals surface area contributed by atoms with Gasteiger partial charge in [0.15, 0.2) is 0 Å². The summed E-state index contributed by atoms with van der Waals surface area (Å²) in [5, 5.41) is 40.5. The van der Waals surface area contributed by atoms with Crippen molar-refractivity contribution in [3.8, 4) is 5.75 Å². The van der Waals surface area contributed by atoms with Crippen LogP contribution in [0, 0.1) is 17.8 Å². The van der Waals surface area contributed by atoms with Gasteiger partial charge in [0.25, 0.3) is 0 Å². The number of benzene rings is 1. The lowest BCUT2D eigenvalue weighted by Gasteiger charge is -2.31. The van der Waals surface area contributed by atoms with Gasteiger partial charge in [-0.1, -0.05) is 53.7 Å². The molecule has 6 amide bonds. The number of nitrogens with two attached hydrogens (primary N) is 2.